The lowest BCUT2D eigenvalue weighted by molar-refractivity contribution is -0.643. The monoisotopic (exact) mass is 403 g/mol. The first kappa shape index (κ1) is 19.6. The number of fused-ring (bicyclic) bond motifs is 1. The quantitative estimate of drug-likeness (QED) is 0.338. The van der Waals surface area contributed by atoms with Crippen molar-refractivity contribution in [1.29, 1.82) is 0 Å². The summed E-state index contributed by atoms with van der Waals surface area (Å²) in [4.78, 5) is 15.8. The van der Waals surface area contributed by atoms with Gasteiger partial charge in [0.05, 0.1) is 18.3 Å². The van der Waals surface area contributed by atoms with E-state index in [1.807, 2.05) is 6.92 Å². The Labute approximate surface area is 166 Å². The van der Waals surface area contributed by atoms with Gasteiger partial charge in [0.2, 0.25) is 0 Å². The highest BCUT2D eigenvalue weighted by atomic mass is 35.5. The number of rotatable bonds is 7. The van der Waals surface area contributed by atoms with Crippen LogP contribution >= 0.6 is 11.6 Å². The van der Waals surface area contributed by atoms with Crippen molar-refractivity contribution in [2.24, 2.45) is 0 Å². The van der Waals surface area contributed by atoms with Gasteiger partial charge in [0, 0.05) is 17.5 Å². The van der Waals surface area contributed by atoms with E-state index in [0.717, 1.165) is 0 Å². The van der Waals surface area contributed by atoms with E-state index in [9.17, 15) is 10.0 Å². The first-order chi connectivity index (χ1) is 13.4. The van der Waals surface area contributed by atoms with Gasteiger partial charge in [-0.15, -0.1) is 0 Å². The molecular formula is C19H18ClN3O5. The molecule has 8 nitrogen and oxygen atoms in total. The third-order valence-electron chi connectivity index (χ3n) is 3.89. The zero-order chi connectivity index (χ0) is 20.1. The Morgan fingerprint density at radius 1 is 1.21 bits per heavy atom. The maximum atomic E-state index is 12.0. The molecule has 0 radical (unpaired) electrons. The van der Waals surface area contributed by atoms with Crippen LogP contribution in [0.4, 0.5) is 0 Å². The summed E-state index contributed by atoms with van der Waals surface area (Å²) in [6.45, 7) is 1.87. The Balaban J connectivity index is 1.65. The summed E-state index contributed by atoms with van der Waals surface area (Å²) in [6.07, 6.45) is 0.683. The Morgan fingerprint density at radius 2 is 1.93 bits per heavy atom. The van der Waals surface area contributed by atoms with Crippen LogP contribution in [0.5, 0.6) is 17.5 Å². The zero-order valence-corrected chi connectivity index (χ0v) is 16.0. The fourth-order valence-electron chi connectivity index (χ4n) is 2.45. The van der Waals surface area contributed by atoms with Crippen molar-refractivity contribution in [2.75, 3.05) is 7.11 Å². The molecule has 9 heteroatoms. The first-order valence-electron chi connectivity index (χ1n) is 8.53. The van der Waals surface area contributed by atoms with Crippen molar-refractivity contribution in [2.45, 2.75) is 25.9 Å². The van der Waals surface area contributed by atoms with Crippen molar-refractivity contribution in [3.8, 4) is 17.5 Å². The minimum Gasteiger partial charge on any atom is -0.594 e. The summed E-state index contributed by atoms with van der Waals surface area (Å²) in [5.74, 6) is 0.799. The van der Waals surface area contributed by atoms with E-state index in [2.05, 4.69) is 14.8 Å². The summed E-state index contributed by atoms with van der Waals surface area (Å²) in [5.41, 5.74) is 0.674. The van der Waals surface area contributed by atoms with Gasteiger partial charge in [-0.3, -0.25) is 4.79 Å². The topological polar surface area (TPSA) is 97.5 Å². The smallest absolute Gasteiger partial charge is 0.386 e. The second-order valence-electron chi connectivity index (χ2n) is 6.02. The Bertz CT molecular complexity index is 981. The summed E-state index contributed by atoms with van der Waals surface area (Å²) >= 11 is 5.88. The molecule has 1 unspecified atom stereocenters. The lowest BCUT2D eigenvalue weighted by Gasteiger charge is -2.14. The van der Waals surface area contributed by atoms with Crippen molar-refractivity contribution in [3.63, 3.8) is 0 Å². The number of halogens is 1. The van der Waals surface area contributed by atoms with Crippen molar-refractivity contribution < 1.29 is 23.9 Å². The number of carbonyl (C=O) groups excluding carboxylic acids is 1. The Morgan fingerprint density at radius 3 is 2.64 bits per heavy atom. The molecule has 0 saturated heterocycles. The summed E-state index contributed by atoms with van der Waals surface area (Å²) in [5, 5.41) is 16.2. The second kappa shape index (κ2) is 8.71. The molecule has 0 amide bonds. The molecule has 0 aliphatic heterocycles. The fraction of sp³-hybridized carbons (Fsp3) is 0.263. The van der Waals surface area contributed by atoms with Crippen LogP contribution in [0.25, 0.3) is 11.0 Å². The molecule has 0 aliphatic carbocycles. The SMILES string of the molecule is COC(=O)CCC(C)Oc1ccc(Oc2nc3ccc(Cl)cc3[n+]([O-])n2)cc1. The number of hydrogen-bond acceptors (Lipinski definition) is 7. The average molecular weight is 404 g/mol. The van der Waals surface area contributed by atoms with Crippen molar-refractivity contribution in [1.82, 2.24) is 10.1 Å². The van der Waals surface area contributed by atoms with Gasteiger partial charge >= 0.3 is 12.0 Å². The van der Waals surface area contributed by atoms with Crippen molar-refractivity contribution >= 4 is 28.6 Å². The van der Waals surface area contributed by atoms with Crippen LogP contribution < -0.4 is 14.3 Å². The van der Waals surface area contributed by atoms with Crippen LogP contribution in [-0.4, -0.2) is 29.3 Å². The largest absolute Gasteiger partial charge is 0.594 e. The van der Waals surface area contributed by atoms with Crippen molar-refractivity contribution in [3.05, 3.63) is 52.7 Å². The normalized spacial score (nSPS) is 11.8. The van der Waals surface area contributed by atoms with E-state index in [1.54, 1.807) is 36.4 Å². The van der Waals surface area contributed by atoms with E-state index in [-0.39, 0.29) is 23.6 Å². The summed E-state index contributed by atoms with van der Waals surface area (Å²) < 4.78 is 15.9. The molecular weight excluding hydrogens is 386 g/mol. The van der Waals surface area contributed by atoms with Crippen LogP contribution in [0.1, 0.15) is 19.8 Å². The van der Waals surface area contributed by atoms with Gasteiger partial charge in [-0.2, -0.15) is 4.98 Å². The lowest BCUT2D eigenvalue weighted by Crippen LogP contribution is -2.32. The predicted molar refractivity (Wildman–Crippen MR) is 101 cm³/mol. The molecule has 3 aromatic rings. The number of hydrogen-bond donors (Lipinski definition) is 0. The second-order valence-corrected chi connectivity index (χ2v) is 6.45. The molecule has 3 rings (SSSR count). The molecule has 1 atom stereocenters. The standard InChI is InChI=1S/C19H18ClN3O5/c1-12(3-10-18(24)26-2)27-14-5-7-15(8-6-14)28-19-21-16-9-4-13(20)11-17(16)23(25)22-19/h4-9,11-12H,3,10H2,1-2H3. The maximum absolute atomic E-state index is 12.0. The Hall–Kier alpha value is -3.13. The molecule has 1 aromatic heterocycles. The van der Waals surface area contributed by atoms with Crippen LogP contribution in [-0.2, 0) is 9.53 Å². The third-order valence-corrected chi connectivity index (χ3v) is 4.12. The zero-order valence-electron chi connectivity index (χ0n) is 15.3. The maximum Gasteiger partial charge on any atom is 0.386 e. The highest BCUT2D eigenvalue weighted by molar-refractivity contribution is 6.31. The van der Waals surface area contributed by atoms with E-state index < -0.39 is 0 Å². The van der Waals surface area contributed by atoms with Crippen LogP contribution in [0, 0.1) is 5.21 Å². The summed E-state index contributed by atoms with van der Waals surface area (Å²) in [7, 11) is 1.36. The molecule has 0 spiro atoms. The van der Waals surface area contributed by atoms with E-state index in [0.29, 0.717) is 39.7 Å². The minimum atomic E-state index is -0.271. The third kappa shape index (κ3) is 4.98. The molecule has 1 heterocycles. The number of ether oxygens (including phenoxy) is 3. The van der Waals surface area contributed by atoms with Gasteiger partial charge in [0.25, 0.3) is 5.52 Å². The molecule has 2 aromatic carbocycles. The van der Waals surface area contributed by atoms with Gasteiger partial charge in [-0.1, -0.05) is 11.6 Å². The number of aromatic nitrogens is 3. The number of benzene rings is 2. The Kier molecular flexibility index (Phi) is 6.10. The van der Waals surface area contributed by atoms with Crippen LogP contribution in [0.2, 0.25) is 5.02 Å². The van der Waals surface area contributed by atoms with Gasteiger partial charge in [0.15, 0.2) is 0 Å². The molecule has 0 bridgehead atoms. The molecule has 0 saturated carbocycles. The van der Waals surface area contributed by atoms with E-state index in [1.165, 1.54) is 13.2 Å². The lowest BCUT2D eigenvalue weighted by atomic mass is 10.2. The first-order valence-corrected chi connectivity index (χ1v) is 8.91. The van der Waals surface area contributed by atoms with Gasteiger partial charge in [0.1, 0.15) is 17.0 Å². The minimum absolute atomic E-state index is 0.0788. The molecule has 0 aliphatic rings. The van der Waals surface area contributed by atoms with E-state index >= 15 is 0 Å². The van der Waals surface area contributed by atoms with Gasteiger partial charge in [-0.25, -0.2) is 0 Å². The van der Waals surface area contributed by atoms with Gasteiger partial charge in [-0.05, 0) is 54.6 Å². The fourth-order valence-corrected chi connectivity index (χ4v) is 2.62. The molecule has 0 fully saturated rings. The highest BCUT2D eigenvalue weighted by Gasteiger charge is 2.13. The number of esters is 1. The highest BCUT2D eigenvalue weighted by Crippen LogP contribution is 2.23. The molecule has 0 N–H and O–H groups in total. The van der Waals surface area contributed by atoms with Crippen LogP contribution in [0.15, 0.2) is 42.5 Å². The summed E-state index contributed by atoms with van der Waals surface area (Å²) in [6, 6.07) is 11.4. The van der Waals surface area contributed by atoms with Crippen LogP contribution in [0.3, 0.4) is 0 Å². The van der Waals surface area contributed by atoms with E-state index in [4.69, 9.17) is 21.1 Å². The molecule has 146 valence electrons. The number of nitrogens with zero attached hydrogens (tertiary/aromatic N) is 3. The van der Waals surface area contributed by atoms with Gasteiger partial charge < -0.3 is 19.4 Å². The number of methoxy groups -OCH3 is 1. The predicted octanol–water partition coefficient (Wildman–Crippen LogP) is 3.43. The average Bonchev–Trinajstić information content (AvgIpc) is 2.68. The molecule has 28 heavy (non-hydrogen) atoms. The number of carbonyl (C=O) groups is 1.